The number of hydrogen-bond acceptors (Lipinski definition) is 4. The Balaban J connectivity index is 2.53. The molecule has 146 valence electrons. The van der Waals surface area contributed by atoms with E-state index < -0.39 is 17.2 Å². The first-order valence-electron chi connectivity index (χ1n) is 9.04. The van der Waals surface area contributed by atoms with E-state index in [1.54, 1.807) is 6.20 Å². The predicted molar refractivity (Wildman–Crippen MR) is 105 cm³/mol. The van der Waals surface area contributed by atoms with Crippen molar-refractivity contribution >= 4 is 12.1 Å². The van der Waals surface area contributed by atoms with Gasteiger partial charge in [-0.1, -0.05) is 6.07 Å². The summed E-state index contributed by atoms with van der Waals surface area (Å²) in [6.07, 6.45) is 2.16. The van der Waals surface area contributed by atoms with Gasteiger partial charge < -0.3 is 20.7 Å². The van der Waals surface area contributed by atoms with Crippen LogP contribution in [-0.2, 0) is 11.2 Å². The van der Waals surface area contributed by atoms with Crippen LogP contribution in [0.15, 0.2) is 29.4 Å². The average molecular weight is 364 g/mol. The zero-order chi connectivity index (χ0) is 19.6. The van der Waals surface area contributed by atoms with Gasteiger partial charge in [0, 0.05) is 31.4 Å². The molecule has 1 aromatic rings. The number of pyridine rings is 1. The standard InChI is InChI=1S/C19H33N5O2/c1-7-20-16(22-13-11-15-10-8-9-12-21-15)23-14-19(5,6)24-17(25)26-18(2,3)4/h8-10,12H,7,11,13-14H2,1-6H3,(H,24,25)(H2,20,22,23). The van der Waals surface area contributed by atoms with E-state index in [-0.39, 0.29) is 0 Å². The monoisotopic (exact) mass is 363 g/mol. The smallest absolute Gasteiger partial charge is 0.408 e. The molecule has 0 atom stereocenters. The number of carbonyl (C=O) groups is 1. The topological polar surface area (TPSA) is 87.6 Å². The summed E-state index contributed by atoms with van der Waals surface area (Å²) in [5.74, 6) is 0.711. The second kappa shape index (κ2) is 9.99. The first kappa shape index (κ1) is 21.7. The van der Waals surface area contributed by atoms with E-state index in [0.717, 1.165) is 25.2 Å². The average Bonchev–Trinajstić information content (AvgIpc) is 2.51. The highest BCUT2D eigenvalue weighted by Crippen LogP contribution is 2.09. The maximum Gasteiger partial charge on any atom is 0.408 e. The lowest BCUT2D eigenvalue weighted by Gasteiger charge is -2.27. The fraction of sp³-hybridized carbons (Fsp3) is 0.632. The molecular formula is C19H33N5O2. The highest BCUT2D eigenvalue weighted by molar-refractivity contribution is 5.79. The Hall–Kier alpha value is -2.31. The van der Waals surface area contributed by atoms with Crippen LogP contribution in [-0.4, -0.2) is 47.8 Å². The molecule has 0 aliphatic rings. The Kier molecular flexibility index (Phi) is 8.35. The molecule has 1 amide bonds. The molecule has 0 saturated carbocycles. The third-order valence-electron chi connectivity index (χ3n) is 3.22. The van der Waals surface area contributed by atoms with Gasteiger partial charge in [-0.15, -0.1) is 0 Å². The normalized spacial score (nSPS) is 12.5. The van der Waals surface area contributed by atoms with Gasteiger partial charge in [-0.3, -0.25) is 9.98 Å². The van der Waals surface area contributed by atoms with E-state index in [1.165, 1.54) is 0 Å². The van der Waals surface area contributed by atoms with E-state index in [1.807, 2.05) is 59.7 Å². The van der Waals surface area contributed by atoms with Crippen LogP contribution in [0.2, 0.25) is 0 Å². The Morgan fingerprint density at radius 1 is 1.19 bits per heavy atom. The molecule has 0 unspecified atom stereocenters. The third-order valence-corrected chi connectivity index (χ3v) is 3.22. The highest BCUT2D eigenvalue weighted by Gasteiger charge is 2.24. The number of aliphatic imine (C=N–C) groups is 1. The van der Waals surface area contributed by atoms with E-state index in [9.17, 15) is 4.79 Å². The number of amides is 1. The number of nitrogens with one attached hydrogen (secondary N) is 3. The van der Waals surface area contributed by atoms with Crippen LogP contribution in [0.3, 0.4) is 0 Å². The molecule has 0 aromatic carbocycles. The second-order valence-corrected chi connectivity index (χ2v) is 7.70. The summed E-state index contributed by atoms with van der Waals surface area (Å²) in [6.45, 7) is 13.3. The van der Waals surface area contributed by atoms with Crippen molar-refractivity contribution in [1.29, 1.82) is 0 Å². The minimum Gasteiger partial charge on any atom is -0.444 e. The van der Waals surface area contributed by atoms with Crippen LogP contribution in [0.1, 0.15) is 47.2 Å². The summed E-state index contributed by atoms with van der Waals surface area (Å²) < 4.78 is 5.31. The lowest BCUT2D eigenvalue weighted by atomic mass is 10.1. The zero-order valence-corrected chi connectivity index (χ0v) is 16.8. The maximum atomic E-state index is 12.0. The Morgan fingerprint density at radius 2 is 1.92 bits per heavy atom. The van der Waals surface area contributed by atoms with Gasteiger partial charge in [-0.25, -0.2) is 4.79 Å². The number of alkyl carbamates (subject to hydrolysis) is 1. The van der Waals surface area contributed by atoms with Crippen molar-refractivity contribution in [3.63, 3.8) is 0 Å². The molecule has 0 bridgehead atoms. The summed E-state index contributed by atoms with van der Waals surface area (Å²) in [7, 11) is 0. The van der Waals surface area contributed by atoms with E-state index >= 15 is 0 Å². The third kappa shape index (κ3) is 9.86. The van der Waals surface area contributed by atoms with E-state index in [4.69, 9.17) is 4.74 Å². The summed E-state index contributed by atoms with van der Waals surface area (Å²) in [6, 6.07) is 5.88. The van der Waals surface area contributed by atoms with Crippen molar-refractivity contribution in [2.75, 3.05) is 19.6 Å². The number of ether oxygens (including phenoxy) is 1. The second-order valence-electron chi connectivity index (χ2n) is 7.70. The van der Waals surface area contributed by atoms with Crippen molar-refractivity contribution in [2.45, 2.75) is 59.1 Å². The molecule has 0 aliphatic carbocycles. The first-order chi connectivity index (χ1) is 12.1. The van der Waals surface area contributed by atoms with Crippen LogP contribution in [0.4, 0.5) is 4.79 Å². The molecule has 1 rings (SSSR count). The molecule has 26 heavy (non-hydrogen) atoms. The van der Waals surface area contributed by atoms with Gasteiger partial charge in [0.15, 0.2) is 5.96 Å². The maximum absolute atomic E-state index is 12.0. The number of hydrogen-bond donors (Lipinski definition) is 3. The Morgan fingerprint density at radius 3 is 2.50 bits per heavy atom. The number of guanidine groups is 1. The van der Waals surface area contributed by atoms with Gasteiger partial charge in [-0.2, -0.15) is 0 Å². The molecule has 0 aliphatic heterocycles. The van der Waals surface area contributed by atoms with Crippen LogP contribution < -0.4 is 16.0 Å². The van der Waals surface area contributed by atoms with Gasteiger partial charge in [0.2, 0.25) is 0 Å². The van der Waals surface area contributed by atoms with Gasteiger partial charge in [0.05, 0.1) is 12.1 Å². The quantitative estimate of drug-likeness (QED) is 0.512. The SMILES string of the molecule is CCNC(=NCC(C)(C)NC(=O)OC(C)(C)C)NCCc1ccccn1. The number of carbonyl (C=O) groups excluding carboxylic acids is 1. The summed E-state index contributed by atoms with van der Waals surface area (Å²) in [5, 5.41) is 9.35. The molecule has 0 spiro atoms. The minimum absolute atomic E-state index is 0.422. The van der Waals surface area contributed by atoms with Crippen LogP contribution in [0, 0.1) is 0 Å². The van der Waals surface area contributed by atoms with Crippen molar-refractivity contribution in [2.24, 2.45) is 4.99 Å². The van der Waals surface area contributed by atoms with Crippen LogP contribution in [0.5, 0.6) is 0 Å². The number of nitrogens with zero attached hydrogens (tertiary/aromatic N) is 2. The molecule has 1 aromatic heterocycles. The fourth-order valence-corrected chi connectivity index (χ4v) is 2.09. The highest BCUT2D eigenvalue weighted by atomic mass is 16.6. The first-order valence-corrected chi connectivity index (χ1v) is 9.04. The van der Waals surface area contributed by atoms with Gasteiger partial charge >= 0.3 is 6.09 Å². The van der Waals surface area contributed by atoms with Crippen molar-refractivity contribution < 1.29 is 9.53 Å². The Bertz CT molecular complexity index is 579. The van der Waals surface area contributed by atoms with Crippen LogP contribution >= 0.6 is 0 Å². The zero-order valence-electron chi connectivity index (χ0n) is 16.8. The Labute approximate surface area is 157 Å². The molecule has 0 radical (unpaired) electrons. The number of aromatic nitrogens is 1. The largest absolute Gasteiger partial charge is 0.444 e. The van der Waals surface area contributed by atoms with Gasteiger partial charge in [0.25, 0.3) is 0 Å². The molecule has 3 N–H and O–H groups in total. The predicted octanol–water partition coefficient (Wildman–Crippen LogP) is 2.48. The molecule has 0 saturated heterocycles. The van der Waals surface area contributed by atoms with Crippen molar-refractivity contribution in [3.05, 3.63) is 30.1 Å². The van der Waals surface area contributed by atoms with E-state index in [0.29, 0.717) is 12.5 Å². The van der Waals surface area contributed by atoms with Crippen molar-refractivity contribution in [1.82, 2.24) is 20.9 Å². The van der Waals surface area contributed by atoms with Gasteiger partial charge in [0.1, 0.15) is 5.60 Å². The lowest BCUT2D eigenvalue weighted by Crippen LogP contribution is -2.49. The molecule has 7 nitrogen and oxygen atoms in total. The minimum atomic E-state index is -0.522. The fourth-order valence-electron chi connectivity index (χ4n) is 2.09. The van der Waals surface area contributed by atoms with Crippen molar-refractivity contribution in [3.8, 4) is 0 Å². The molecule has 7 heteroatoms. The van der Waals surface area contributed by atoms with Gasteiger partial charge in [-0.05, 0) is 53.7 Å². The summed E-state index contributed by atoms with van der Waals surface area (Å²) >= 11 is 0. The van der Waals surface area contributed by atoms with E-state index in [2.05, 4.69) is 25.9 Å². The molecular weight excluding hydrogens is 330 g/mol. The van der Waals surface area contributed by atoms with Crippen LogP contribution in [0.25, 0.3) is 0 Å². The number of rotatable bonds is 7. The summed E-state index contributed by atoms with van der Waals surface area (Å²) in [5.41, 5.74) is -0.0142. The molecule has 1 heterocycles. The summed E-state index contributed by atoms with van der Waals surface area (Å²) in [4.78, 5) is 20.8. The molecule has 0 fully saturated rings. The lowest BCUT2D eigenvalue weighted by molar-refractivity contribution is 0.0476.